The summed E-state index contributed by atoms with van der Waals surface area (Å²) in [5, 5.41) is 0. The summed E-state index contributed by atoms with van der Waals surface area (Å²) in [7, 11) is 0. The van der Waals surface area contributed by atoms with Crippen molar-refractivity contribution >= 4 is 11.9 Å². The quantitative estimate of drug-likeness (QED) is 0.907. The van der Waals surface area contributed by atoms with Crippen LogP contribution in [-0.2, 0) is 11.3 Å². The van der Waals surface area contributed by atoms with E-state index in [-0.39, 0.29) is 5.91 Å². The fraction of sp³-hybridized carbons (Fsp3) is 0.556. The highest BCUT2D eigenvalue weighted by atomic mass is 16.2. The number of carbonyl (C=O) groups is 2. The van der Waals surface area contributed by atoms with Crippen molar-refractivity contribution in [2.75, 3.05) is 13.1 Å². The van der Waals surface area contributed by atoms with Gasteiger partial charge in [-0.05, 0) is 31.2 Å². The van der Waals surface area contributed by atoms with Crippen LogP contribution >= 0.6 is 0 Å². The van der Waals surface area contributed by atoms with Crippen LogP contribution in [0.5, 0.6) is 0 Å². The third kappa shape index (κ3) is 4.47. The number of amides is 3. The van der Waals surface area contributed by atoms with Gasteiger partial charge in [0, 0.05) is 19.6 Å². The van der Waals surface area contributed by atoms with Crippen molar-refractivity contribution in [2.24, 2.45) is 11.7 Å². The molecule has 1 aromatic rings. The lowest BCUT2D eigenvalue weighted by molar-refractivity contribution is -0.136. The van der Waals surface area contributed by atoms with E-state index in [0.717, 1.165) is 12.0 Å². The van der Waals surface area contributed by atoms with E-state index in [2.05, 4.69) is 38.1 Å². The van der Waals surface area contributed by atoms with E-state index in [0.29, 0.717) is 32.0 Å². The van der Waals surface area contributed by atoms with Gasteiger partial charge in [-0.3, -0.25) is 4.79 Å². The lowest BCUT2D eigenvalue weighted by Gasteiger charge is -2.31. The number of hydrogen-bond acceptors (Lipinski definition) is 2. The van der Waals surface area contributed by atoms with Crippen LogP contribution in [0.2, 0.25) is 0 Å². The molecule has 3 amide bonds. The summed E-state index contributed by atoms with van der Waals surface area (Å²) in [5.41, 5.74) is 7.72. The summed E-state index contributed by atoms with van der Waals surface area (Å²) in [6.07, 6.45) is 1.53. The van der Waals surface area contributed by atoms with Crippen LogP contribution in [0.25, 0.3) is 0 Å². The second-order valence-corrected chi connectivity index (χ2v) is 6.79. The zero-order valence-electron chi connectivity index (χ0n) is 14.3. The molecule has 1 fully saturated rings. The van der Waals surface area contributed by atoms with Gasteiger partial charge in [0.05, 0.1) is 0 Å². The highest BCUT2D eigenvalue weighted by Crippen LogP contribution is 2.21. The monoisotopic (exact) mass is 317 g/mol. The Hall–Kier alpha value is -2.04. The van der Waals surface area contributed by atoms with E-state index >= 15 is 0 Å². The minimum atomic E-state index is -0.499. The Morgan fingerprint density at radius 2 is 1.96 bits per heavy atom. The summed E-state index contributed by atoms with van der Waals surface area (Å²) < 4.78 is 0. The molecule has 0 unspecified atom stereocenters. The summed E-state index contributed by atoms with van der Waals surface area (Å²) in [6.45, 7) is 8.05. The second kappa shape index (κ2) is 7.49. The van der Waals surface area contributed by atoms with Crippen LogP contribution in [0.1, 0.15) is 37.8 Å². The van der Waals surface area contributed by atoms with Crippen molar-refractivity contribution in [3.05, 3.63) is 35.4 Å². The van der Waals surface area contributed by atoms with Crippen LogP contribution in [0.15, 0.2) is 24.3 Å². The number of benzene rings is 1. The Morgan fingerprint density at radius 3 is 2.52 bits per heavy atom. The largest absolute Gasteiger partial charge is 0.351 e. The smallest absolute Gasteiger partial charge is 0.315 e. The average Bonchev–Trinajstić information content (AvgIpc) is 2.97. The van der Waals surface area contributed by atoms with E-state index in [1.807, 2.05) is 11.8 Å². The third-order valence-corrected chi connectivity index (χ3v) is 4.21. The molecule has 0 spiro atoms. The molecule has 1 aliphatic heterocycles. The Labute approximate surface area is 138 Å². The maximum atomic E-state index is 12.9. The van der Waals surface area contributed by atoms with Gasteiger partial charge in [0.15, 0.2) is 0 Å². The van der Waals surface area contributed by atoms with Crippen molar-refractivity contribution in [1.82, 2.24) is 9.80 Å². The van der Waals surface area contributed by atoms with E-state index in [1.165, 1.54) is 10.5 Å². The van der Waals surface area contributed by atoms with Gasteiger partial charge in [-0.1, -0.05) is 43.7 Å². The molecule has 1 saturated heterocycles. The molecule has 5 heteroatoms. The fourth-order valence-electron chi connectivity index (χ4n) is 3.09. The zero-order chi connectivity index (χ0) is 17.0. The van der Waals surface area contributed by atoms with Crippen LogP contribution in [-0.4, -0.2) is 40.9 Å². The predicted octanol–water partition coefficient (Wildman–Crippen LogP) is 2.52. The van der Waals surface area contributed by atoms with Gasteiger partial charge in [0.2, 0.25) is 5.91 Å². The molecule has 126 valence electrons. The molecule has 5 nitrogen and oxygen atoms in total. The minimum absolute atomic E-state index is 0.00979. The average molecular weight is 317 g/mol. The predicted molar refractivity (Wildman–Crippen MR) is 90.7 cm³/mol. The number of aryl methyl sites for hydroxylation is 1. The van der Waals surface area contributed by atoms with Gasteiger partial charge >= 0.3 is 6.03 Å². The van der Waals surface area contributed by atoms with Gasteiger partial charge in [-0.25, -0.2) is 4.79 Å². The highest BCUT2D eigenvalue weighted by Gasteiger charge is 2.35. The molecule has 0 aromatic heterocycles. The van der Waals surface area contributed by atoms with Crippen LogP contribution in [0.3, 0.4) is 0 Å². The van der Waals surface area contributed by atoms with E-state index in [4.69, 9.17) is 5.73 Å². The summed E-state index contributed by atoms with van der Waals surface area (Å²) in [5.74, 6) is 0.378. The highest BCUT2D eigenvalue weighted by molar-refractivity contribution is 5.87. The summed E-state index contributed by atoms with van der Waals surface area (Å²) >= 11 is 0. The molecule has 0 radical (unpaired) electrons. The van der Waals surface area contributed by atoms with Gasteiger partial charge in [0.25, 0.3) is 0 Å². The van der Waals surface area contributed by atoms with Crippen LogP contribution in [0.4, 0.5) is 4.79 Å². The van der Waals surface area contributed by atoms with Crippen LogP contribution in [0, 0.1) is 12.8 Å². The summed E-state index contributed by atoms with van der Waals surface area (Å²) in [6, 6.07) is 7.31. The molecule has 23 heavy (non-hydrogen) atoms. The fourth-order valence-corrected chi connectivity index (χ4v) is 3.09. The molecule has 1 heterocycles. The molecule has 2 rings (SSSR count). The van der Waals surface area contributed by atoms with E-state index in [1.54, 1.807) is 0 Å². The van der Waals surface area contributed by atoms with Crippen molar-refractivity contribution in [1.29, 1.82) is 0 Å². The molecule has 1 aliphatic rings. The van der Waals surface area contributed by atoms with Crippen molar-refractivity contribution < 1.29 is 9.59 Å². The Bertz CT molecular complexity index is 554. The van der Waals surface area contributed by atoms with Crippen molar-refractivity contribution in [3.8, 4) is 0 Å². The zero-order valence-corrected chi connectivity index (χ0v) is 14.3. The van der Waals surface area contributed by atoms with Gasteiger partial charge in [-0.2, -0.15) is 0 Å². The molecule has 0 aliphatic carbocycles. The lowest BCUT2D eigenvalue weighted by Crippen LogP contribution is -2.49. The molecule has 2 N–H and O–H groups in total. The SMILES string of the molecule is Cc1ccc(CN(CC(C)C)C(=O)[C@H]2CCCN2C(N)=O)cc1. The molecule has 1 aromatic carbocycles. The first kappa shape index (κ1) is 17.3. The molecule has 0 bridgehead atoms. The number of primary amides is 1. The Kier molecular flexibility index (Phi) is 5.64. The van der Waals surface area contributed by atoms with E-state index in [9.17, 15) is 9.59 Å². The summed E-state index contributed by atoms with van der Waals surface area (Å²) in [4.78, 5) is 27.8. The molecule has 1 atom stereocenters. The maximum Gasteiger partial charge on any atom is 0.315 e. The first-order valence-corrected chi connectivity index (χ1v) is 8.29. The maximum absolute atomic E-state index is 12.9. The number of carbonyl (C=O) groups excluding carboxylic acids is 2. The number of rotatable bonds is 5. The topological polar surface area (TPSA) is 66.6 Å². The Balaban J connectivity index is 2.15. The Morgan fingerprint density at radius 1 is 1.30 bits per heavy atom. The number of urea groups is 1. The minimum Gasteiger partial charge on any atom is -0.351 e. The van der Waals surface area contributed by atoms with Gasteiger partial charge in [0.1, 0.15) is 6.04 Å². The number of nitrogens with two attached hydrogens (primary N) is 1. The molecular formula is C18H27N3O2. The lowest BCUT2D eigenvalue weighted by atomic mass is 10.1. The molecule has 0 saturated carbocycles. The van der Waals surface area contributed by atoms with Gasteiger partial charge in [-0.15, -0.1) is 0 Å². The van der Waals surface area contributed by atoms with Crippen LogP contribution < -0.4 is 5.73 Å². The van der Waals surface area contributed by atoms with Crippen molar-refractivity contribution in [2.45, 2.75) is 46.2 Å². The van der Waals surface area contributed by atoms with E-state index < -0.39 is 12.1 Å². The number of nitrogens with zero attached hydrogens (tertiary/aromatic N) is 2. The number of hydrogen-bond donors (Lipinski definition) is 1. The third-order valence-electron chi connectivity index (χ3n) is 4.21. The first-order chi connectivity index (χ1) is 10.9. The number of likely N-dealkylation sites (tertiary alicyclic amines) is 1. The van der Waals surface area contributed by atoms with Crippen molar-refractivity contribution in [3.63, 3.8) is 0 Å². The first-order valence-electron chi connectivity index (χ1n) is 8.29. The molecular weight excluding hydrogens is 290 g/mol. The second-order valence-electron chi connectivity index (χ2n) is 6.79. The normalized spacial score (nSPS) is 17.6. The van der Waals surface area contributed by atoms with Gasteiger partial charge < -0.3 is 15.5 Å². The standard InChI is InChI=1S/C18H27N3O2/c1-13(2)11-20(12-15-8-6-14(3)7-9-15)17(22)16-5-4-10-21(16)18(19)23/h6-9,13,16H,4-5,10-12H2,1-3H3,(H2,19,23)/t16-/m1/s1.